The Morgan fingerprint density at radius 1 is 0.970 bits per heavy atom. The number of aromatic nitrogens is 2. The fraction of sp³-hybridized carbons (Fsp3) is 0.292. The molecule has 9 nitrogen and oxygen atoms in total. The lowest BCUT2D eigenvalue weighted by molar-refractivity contribution is -0.114. The zero-order valence-electron chi connectivity index (χ0n) is 18.5. The largest absolute Gasteiger partial charge is 0.454 e. The third-order valence-corrected chi connectivity index (χ3v) is 5.62. The first kappa shape index (κ1) is 21.0. The molecule has 0 radical (unpaired) electrons. The molecule has 2 N–H and O–H groups in total. The van der Waals surface area contributed by atoms with Crippen molar-refractivity contribution in [3.05, 3.63) is 60.3 Å². The van der Waals surface area contributed by atoms with E-state index in [1.807, 2.05) is 36.4 Å². The van der Waals surface area contributed by atoms with E-state index in [0.717, 1.165) is 67.4 Å². The lowest BCUT2D eigenvalue weighted by atomic mass is 10.1. The van der Waals surface area contributed by atoms with Crippen molar-refractivity contribution >= 4 is 29.0 Å². The van der Waals surface area contributed by atoms with Crippen molar-refractivity contribution in [1.82, 2.24) is 14.9 Å². The van der Waals surface area contributed by atoms with Gasteiger partial charge in [-0.3, -0.25) is 9.69 Å². The van der Waals surface area contributed by atoms with Gasteiger partial charge in [0.05, 0.1) is 0 Å². The number of anilines is 4. The standard InChI is InChI=1S/C24H26N6O3/c1-17(31)26-19-3-5-20(6-4-19)27-23-8-9-25-24(28-23)30-12-10-29(11-13-30)15-18-2-7-21-22(14-18)33-16-32-21/h2-9,14H,10-13,15-16H2,1H3,(H,26,31)(H,25,27,28). The smallest absolute Gasteiger partial charge is 0.231 e. The van der Waals surface area contributed by atoms with E-state index in [0.29, 0.717) is 6.79 Å². The molecule has 3 aromatic rings. The highest BCUT2D eigenvalue weighted by Crippen LogP contribution is 2.33. The number of fused-ring (bicyclic) bond motifs is 1. The molecule has 1 amide bonds. The number of carbonyl (C=O) groups excluding carboxylic acids is 1. The first-order valence-corrected chi connectivity index (χ1v) is 11.0. The normalized spacial score (nSPS) is 15.4. The minimum absolute atomic E-state index is 0.0906. The maximum atomic E-state index is 11.2. The molecular formula is C24H26N6O3. The highest BCUT2D eigenvalue weighted by Gasteiger charge is 2.20. The van der Waals surface area contributed by atoms with Crippen molar-refractivity contribution in [2.75, 3.05) is 48.5 Å². The lowest BCUT2D eigenvalue weighted by Gasteiger charge is -2.34. The van der Waals surface area contributed by atoms with Crippen molar-refractivity contribution in [3.8, 4) is 11.5 Å². The summed E-state index contributed by atoms with van der Waals surface area (Å²) in [5.74, 6) is 3.01. The van der Waals surface area contributed by atoms with Gasteiger partial charge in [-0.25, -0.2) is 4.98 Å². The zero-order valence-corrected chi connectivity index (χ0v) is 18.5. The van der Waals surface area contributed by atoms with Crippen LogP contribution in [0.15, 0.2) is 54.7 Å². The fourth-order valence-corrected chi connectivity index (χ4v) is 3.96. The summed E-state index contributed by atoms with van der Waals surface area (Å²) in [6.45, 7) is 6.25. The van der Waals surface area contributed by atoms with E-state index < -0.39 is 0 Å². The number of hydrogen-bond donors (Lipinski definition) is 2. The van der Waals surface area contributed by atoms with E-state index in [2.05, 4.69) is 37.6 Å². The monoisotopic (exact) mass is 446 g/mol. The van der Waals surface area contributed by atoms with Crippen LogP contribution in [0, 0.1) is 0 Å². The molecule has 0 saturated carbocycles. The molecule has 170 valence electrons. The van der Waals surface area contributed by atoms with Gasteiger partial charge in [-0.15, -0.1) is 0 Å². The Hall–Kier alpha value is -3.85. The number of hydrogen-bond acceptors (Lipinski definition) is 8. The van der Waals surface area contributed by atoms with Gasteiger partial charge in [0.25, 0.3) is 0 Å². The van der Waals surface area contributed by atoms with E-state index in [1.54, 1.807) is 6.20 Å². The van der Waals surface area contributed by atoms with Gasteiger partial charge in [0.15, 0.2) is 11.5 Å². The average Bonchev–Trinajstić information content (AvgIpc) is 3.29. The van der Waals surface area contributed by atoms with E-state index in [4.69, 9.17) is 14.5 Å². The molecule has 1 fully saturated rings. The maximum Gasteiger partial charge on any atom is 0.231 e. The number of benzene rings is 2. The number of amides is 1. The molecule has 33 heavy (non-hydrogen) atoms. The van der Waals surface area contributed by atoms with Crippen molar-refractivity contribution in [2.24, 2.45) is 0 Å². The molecule has 0 atom stereocenters. The van der Waals surface area contributed by atoms with Crippen molar-refractivity contribution in [2.45, 2.75) is 13.5 Å². The number of nitrogens with zero attached hydrogens (tertiary/aromatic N) is 4. The van der Waals surface area contributed by atoms with E-state index in [9.17, 15) is 4.79 Å². The Kier molecular flexibility index (Phi) is 5.95. The second-order valence-corrected chi connectivity index (χ2v) is 8.08. The minimum atomic E-state index is -0.0906. The molecule has 1 saturated heterocycles. The van der Waals surface area contributed by atoms with Crippen LogP contribution in [0.4, 0.5) is 23.1 Å². The number of nitrogens with one attached hydrogen (secondary N) is 2. The average molecular weight is 447 g/mol. The SMILES string of the molecule is CC(=O)Nc1ccc(Nc2ccnc(N3CCN(Cc4ccc5c(c4)OCO5)CC3)n2)cc1. The van der Waals surface area contributed by atoms with Gasteiger partial charge in [0.2, 0.25) is 18.6 Å². The molecule has 9 heteroatoms. The Balaban J connectivity index is 1.16. The lowest BCUT2D eigenvalue weighted by Crippen LogP contribution is -2.46. The van der Waals surface area contributed by atoms with Crippen LogP contribution in [0.1, 0.15) is 12.5 Å². The quantitative estimate of drug-likeness (QED) is 0.596. The summed E-state index contributed by atoms with van der Waals surface area (Å²) < 4.78 is 10.9. The summed E-state index contributed by atoms with van der Waals surface area (Å²) in [4.78, 5) is 25.0. The second-order valence-electron chi connectivity index (χ2n) is 8.08. The van der Waals surface area contributed by atoms with Crippen LogP contribution in [0.3, 0.4) is 0 Å². The molecule has 3 heterocycles. The summed E-state index contributed by atoms with van der Waals surface area (Å²) in [6.07, 6.45) is 1.77. The molecule has 5 rings (SSSR count). The molecule has 0 bridgehead atoms. The first-order valence-electron chi connectivity index (χ1n) is 11.0. The van der Waals surface area contributed by atoms with Crippen LogP contribution in [0.25, 0.3) is 0 Å². The Morgan fingerprint density at radius 2 is 1.73 bits per heavy atom. The second kappa shape index (κ2) is 9.33. The van der Waals surface area contributed by atoms with Crippen molar-refractivity contribution < 1.29 is 14.3 Å². The topological polar surface area (TPSA) is 91.9 Å². The molecule has 2 aliphatic heterocycles. The van der Waals surface area contributed by atoms with Crippen LogP contribution in [0.2, 0.25) is 0 Å². The Morgan fingerprint density at radius 3 is 2.52 bits per heavy atom. The number of rotatable bonds is 6. The summed E-state index contributed by atoms with van der Waals surface area (Å²) in [5, 5.41) is 6.07. The van der Waals surface area contributed by atoms with E-state index in [1.165, 1.54) is 12.5 Å². The van der Waals surface area contributed by atoms with Gasteiger partial charge in [0, 0.05) is 57.2 Å². The van der Waals surface area contributed by atoms with E-state index >= 15 is 0 Å². The van der Waals surface area contributed by atoms with Crippen LogP contribution >= 0.6 is 0 Å². The highest BCUT2D eigenvalue weighted by molar-refractivity contribution is 5.88. The number of carbonyl (C=O) groups is 1. The number of ether oxygens (including phenoxy) is 2. The predicted molar refractivity (Wildman–Crippen MR) is 126 cm³/mol. The Labute approximate surface area is 192 Å². The van der Waals surface area contributed by atoms with Crippen LogP contribution in [-0.2, 0) is 11.3 Å². The summed E-state index contributed by atoms with van der Waals surface area (Å²) >= 11 is 0. The third kappa shape index (κ3) is 5.15. The van der Waals surface area contributed by atoms with Crippen LogP contribution < -0.4 is 25.0 Å². The fourth-order valence-electron chi connectivity index (χ4n) is 3.96. The van der Waals surface area contributed by atoms with Gasteiger partial charge in [-0.1, -0.05) is 6.07 Å². The van der Waals surface area contributed by atoms with Crippen LogP contribution in [-0.4, -0.2) is 53.7 Å². The molecule has 0 aliphatic carbocycles. The Bertz CT molecular complexity index is 1130. The van der Waals surface area contributed by atoms with Gasteiger partial charge in [-0.05, 0) is 48.0 Å². The van der Waals surface area contributed by atoms with Crippen molar-refractivity contribution in [3.63, 3.8) is 0 Å². The predicted octanol–water partition coefficient (Wildman–Crippen LogP) is 3.23. The third-order valence-electron chi connectivity index (χ3n) is 5.62. The first-order chi connectivity index (χ1) is 16.1. The summed E-state index contributed by atoms with van der Waals surface area (Å²) in [7, 11) is 0. The van der Waals surface area contributed by atoms with E-state index in [-0.39, 0.29) is 5.91 Å². The summed E-state index contributed by atoms with van der Waals surface area (Å²) in [6, 6.07) is 15.5. The van der Waals surface area contributed by atoms with Crippen molar-refractivity contribution in [1.29, 1.82) is 0 Å². The molecule has 0 unspecified atom stereocenters. The molecule has 2 aliphatic rings. The van der Waals surface area contributed by atoms with Gasteiger partial charge in [0.1, 0.15) is 5.82 Å². The molecule has 0 spiro atoms. The number of piperazine rings is 1. The summed E-state index contributed by atoms with van der Waals surface area (Å²) in [5.41, 5.74) is 2.87. The molecular weight excluding hydrogens is 420 g/mol. The zero-order chi connectivity index (χ0) is 22.6. The van der Waals surface area contributed by atoms with Gasteiger partial charge < -0.3 is 25.0 Å². The maximum absolute atomic E-state index is 11.2. The molecule has 1 aromatic heterocycles. The van der Waals surface area contributed by atoms with Crippen LogP contribution in [0.5, 0.6) is 11.5 Å². The highest BCUT2D eigenvalue weighted by atomic mass is 16.7. The minimum Gasteiger partial charge on any atom is -0.454 e. The molecule has 2 aromatic carbocycles. The van der Waals surface area contributed by atoms with Gasteiger partial charge >= 0.3 is 0 Å². The van der Waals surface area contributed by atoms with Gasteiger partial charge in [-0.2, -0.15) is 4.98 Å².